The molecule has 6 nitrogen and oxygen atoms in total. The standard InChI is InChI=1S/C19H18Cl2N2O4/c1-26-19(25)15-11-13(3-5-17(15)23-6-8-27-9-7-23)22-18(24)14-4-2-12(20)10-16(14)21/h2-5,10-11H,6-9H2,1H3,(H,22,24). The molecule has 0 aromatic heterocycles. The molecule has 0 bridgehead atoms. The predicted molar refractivity (Wildman–Crippen MR) is 105 cm³/mol. The van der Waals surface area contributed by atoms with E-state index in [4.69, 9.17) is 32.7 Å². The van der Waals surface area contributed by atoms with Crippen LogP contribution in [0.5, 0.6) is 0 Å². The molecule has 0 radical (unpaired) electrons. The number of morpholine rings is 1. The second-order valence-corrected chi connectivity index (χ2v) is 6.74. The van der Waals surface area contributed by atoms with Crippen molar-refractivity contribution >= 4 is 46.5 Å². The van der Waals surface area contributed by atoms with Crippen LogP contribution in [0.1, 0.15) is 20.7 Å². The largest absolute Gasteiger partial charge is 0.465 e. The molecule has 1 aliphatic heterocycles. The highest BCUT2D eigenvalue weighted by Crippen LogP contribution is 2.27. The van der Waals surface area contributed by atoms with Gasteiger partial charge in [0, 0.05) is 23.8 Å². The number of carbonyl (C=O) groups excluding carboxylic acids is 2. The molecule has 27 heavy (non-hydrogen) atoms. The number of hydrogen-bond donors (Lipinski definition) is 1. The maximum atomic E-state index is 12.5. The summed E-state index contributed by atoms with van der Waals surface area (Å²) in [6.07, 6.45) is 0. The maximum Gasteiger partial charge on any atom is 0.340 e. The van der Waals surface area contributed by atoms with Crippen LogP contribution in [0.3, 0.4) is 0 Å². The third-order valence-electron chi connectivity index (χ3n) is 4.19. The zero-order chi connectivity index (χ0) is 19.4. The van der Waals surface area contributed by atoms with E-state index in [1.165, 1.54) is 13.2 Å². The van der Waals surface area contributed by atoms with E-state index in [0.29, 0.717) is 42.6 Å². The van der Waals surface area contributed by atoms with E-state index < -0.39 is 11.9 Å². The predicted octanol–water partition coefficient (Wildman–Crippen LogP) is 3.87. The first-order chi connectivity index (χ1) is 13.0. The van der Waals surface area contributed by atoms with Crippen molar-refractivity contribution in [2.75, 3.05) is 43.6 Å². The van der Waals surface area contributed by atoms with Gasteiger partial charge in [-0.15, -0.1) is 0 Å². The minimum Gasteiger partial charge on any atom is -0.465 e. The highest BCUT2D eigenvalue weighted by atomic mass is 35.5. The van der Waals surface area contributed by atoms with E-state index in [1.54, 1.807) is 30.3 Å². The summed E-state index contributed by atoms with van der Waals surface area (Å²) in [6, 6.07) is 9.75. The van der Waals surface area contributed by atoms with Gasteiger partial charge in [-0.25, -0.2) is 4.79 Å². The topological polar surface area (TPSA) is 67.9 Å². The van der Waals surface area contributed by atoms with E-state index in [0.717, 1.165) is 5.69 Å². The number of nitrogens with one attached hydrogen (secondary N) is 1. The first-order valence-corrected chi connectivity index (χ1v) is 9.06. The van der Waals surface area contributed by atoms with Gasteiger partial charge in [-0.05, 0) is 36.4 Å². The number of nitrogens with zero attached hydrogens (tertiary/aromatic N) is 1. The quantitative estimate of drug-likeness (QED) is 0.777. The van der Waals surface area contributed by atoms with Crippen molar-refractivity contribution in [1.82, 2.24) is 0 Å². The number of halogens is 2. The fraction of sp³-hybridized carbons (Fsp3) is 0.263. The van der Waals surface area contributed by atoms with Gasteiger partial charge in [0.2, 0.25) is 0 Å². The Balaban J connectivity index is 1.87. The van der Waals surface area contributed by atoms with E-state index in [-0.39, 0.29) is 10.6 Å². The Morgan fingerprint density at radius 1 is 1.07 bits per heavy atom. The average Bonchev–Trinajstić information content (AvgIpc) is 2.67. The van der Waals surface area contributed by atoms with Gasteiger partial charge in [0.25, 0.3) is 5.91 Å². The van der Waals surface area contributed by atoms with Crippen molar-refractivity contribution in [3.8, 4) is 0 Å². The molecule has 0 unspecified atom stereocenters. The molecule has 3 rings (SSSR count). The summed E-state index contributed by atoms with van der Waals surface area (Å²) >= 11 is 11.9. The molecular formula is C19H18Cl2N2O4. The van der Waals surface area contributed by atoms with Gasteiger partial charge >= 0.3 is 5.97 Å². The molecule has 1 heterocycles. The lowest BCUT2D eigenvalue weighted by molar-refractivity contribution is 0.0600. The summed E-state index contributed by atoms with van der Waals surface area (Å²) in [7, 11) is 1.32. The van der Waals surface area contributed by atoms with Crippen molar-refractivity contribution in [3.63, 3.8) is 0 Å². The molecule has 1 amide bonds. The van der Waals surface area contributed by atoms with Crippen LogP contribution in [0.25, 0.3) is 0 Å². The molecule has 1 aliphatic rings. The third kappa shape index (κ3) is 4.53. The molecule has 0 aliphatic carbocycles. The molecule has 2 aromatic carbocycles. The Morgan fingerprint density at radius 2 is 1.81 bits per heavy atom. The molecule has 142 valence electrons. The second-order valence-electron chi connectivity index (χ2n) is 5.90. The highest BCUT2D eigenvalue weighted by Gasteiger charge is 2.21. The minimum absolute atomic E-state index is 0.248. The van der Waals surface area contributed by atoms with E-state index in [9.17, 15) is 9.59 Å². The Morgan fingerprint density at radius 3 is 2.48 bits per heavy atom. The lowest BCUT2D eigenvalue weighted by Gasteiger charge is -2.30. The molecular weight excluding hydrogens is 391 g/mol. The summed E-state index contributed by atoms with van der Waals surface area (Å²) in [6.45, 7) is 2.54. The van der Waals surface area contributed by atoms with Crippen LogP contribution in [-0.4, -0.2) is 45.3 Å². The highest BCUT2D eigenvalue weighted by molar-refractivity contribution is 6.37. The van der Waals surface area contributed by atoms with Crippen molar-refractivity contribution in [2.45, 2.75) is 0 Å². The molecule has 1 fully saturated rings. The van der Waals surface area contributed by atoms with Crippen molar-refractivity contribution in [3.05, 3.63) is 57.6 Å². The molecule has 1 N–H and O–H groups in total. The van der Waals surface area contributed by atoms with Crippen molar-refractivity contribution in [2.24, 2.45) is 0 Å². The van der Waals surface area contributed by atoms with E-state index in [2.05, 4.69) is 10.2 Å². The van der Waals surface area contributed by atoms with E-state index >= 15 is 0 Å². The summed E-state index contributed by atoms with van der Waals surface area (Å²) in [4.78, 5) is 26.8. The molecule has 0 saturated carbocycles. The zero-order valence-electron chi connectivity index (χ0n) is 14.6. The number of ether oxygens (including phenoxy) is 2. The number of carbonyl (C=O) groups is 2. The van der Waals surface area contributed by atoms with Gasteiger partial charge in [0.05, 0.1) is 42.2 Å². The van der Waals surface area contributed by atoms with Gasteiger partial charge in [-0.3, -0.25) is 4.79 Å². The molecule has 0 spiro atoms. The lowest BCUT2D eigenvalue weighted by Crippen LogP contribution is -2.37. The lowest BCUT2D eigenvalue weighted by atomic mass is 10.1. The van der Waals surface area contributed by atoms with Crippen LogP contribution < -0.4 is 10.2 Å². The summed E-state index contributed by atoms with van der Waals surface area (Å²) in [5.41, 5.74) is 1.87. The van der Waals surface area contributed by atoms with Gasteiger partial charge in [-0.2, -0.15) is 0 Å². The fourth-order valence-electron chi connectivity index (χ4n) is 2.84. The van der Waals surface area contributed by atoms with Crippen LogP contribution in [0, 0.1) is 0 Å². The smallest absolute Gasteiger partial charge is 0.340 e. The van der Waals surface area contributed by atoms with E-state index in [1.807, 2.05) is 0 Å². The molecule has 8 heteroatoms. The van der Waals surface area contributed by atoms with Crippen molar-refractivity contribution in [1.29, 1.82) is 0 Å². The van der Waals surface area contributed by atoms with Gasteiger partial charge < -0.3 is 19.7 Å². The number of amides is 1. The maximum absolute atomic E-state index is 12.5. The van der Waals surface area contributed by atoms with Crippen LogP contribution >= 0.6 is 23.2 Å². The molecule has 0 atom stereocenters. The Labute approximate surface area is 167 Å². The second kappa shape index (κ2) is 8.61. The SMILES string of the molecule is COC(=O)c1cc(NC(=O)c2ccc(Cl)cc2Cl)ccc1N1CCOCC1. The number of hydrogen-bond acceptors (Lipinski definition) is 5. The summed E-state index contributed by atoms with van der Waals surface area (Å²) < 4.78 is 10.3. The van der Waals surface area contributed by atoms with Crippen LogP contribution in [0.2, 0.25) is 10.0 Å². The summed E-state index contributed by atoms with van der Waals surface area (Å²) in [5.74, 6) is -0.872. The Hall–Kier alpha value is -2.28. The molecule has 2 aromatic rings. The normalized spacial score (nSPS) is 14.0. The first-order valence-electron chi connectivity index (χ1n) is 8.31. The fourth-order valence-corrected chi connectivity index (χ4v) is 3.33. The Bertz CT molecular complexity index is 867. The van der Waals surface area contributed by atoms with Crippen LogP contribution in [0.4, 0.5) is 11.4 Å². The monoisotopic (exact) mass is 408 g/mol. The number of benzene rings is 2. The number of anilines is 2. The van der Waals surface area contributed by atoms with Crippen molar-refractivity contribution < 1.29 is 19.1 Å². The van der Waals surface area contributed by atoms with Crippen LogP contribution in [-0.2, 0) is 9.47 Å². The van der Waals surface area contributed by atoms with Gasteiger partial charge in [-0.1, -0.05) is 23.2 Å². The third-order valence-corrected chi connectivity index (χ3v) is 4.74. The average molecular weight is 409 g/mol. The number of rotatable bonds is 4. The van der Waals surface area contributed by atoms with Gasteiger partial charge in [0.1, 0.15) is 0 Å². The van der Waals surface area contributed by atoms with Gasteiger partial charge in [0.15, 0.2) is 0 Å². The minimum atomic E-state index is -0.475. The zero-order valence-corrected chi connectivity index (χ0v) is 16.1. The number of methoxy groups -OCH3 is 1. The first kappa shape index (κ1) is 19.5. The molecule has 1 saturated heterocycles. The Kier molecular flexibility index (Phi) is 6.21. The number of esters is 1. The summed E-state index contributed by atoms with van der Waals surface area (Å²) in [5, 5.41) is 3.44. The van der Waals surface area contributed by atoms with Crippen LogP contribution in [0.15, 0.2) is 36.4 Å².